The SMILES string of the molecule is c1c(C2CCCC2)noc1C1CCCN1. The Labute approximate surface area is 90.2 Å². The van der Waals surface area contributed by atoms with Gasteiger partial charge in [-0.25, -0.2) is 0 Å². The highest BCUT2D eigenvalue weighted by atomic mass is 16.5. The van der Waals surface area contributed by atoms with E-state index in [0.717, 1.165) is 12.3 Å². The zero-order valence-electron chi connectivity index (χ0n) is 9.04. The lowest BCUT2D eigenvalue weighted by Gasteiger charge is -2.03. The summed E-state index contributed by atoms with van der Waals surface area (Å²) in [5, 5.41) is 7.67. The molecule has 1 atom stereocenters. The molecule has 2 heterocycles. The van der Waals surface area contributed by atoms with Crippen LogP contribution in [-0.4, -0.2) is 11.7 Å². The molecule has 0 bridgehead atoms. The summed E-state index contributed by atoms with van der Waals surface area (Å²) in [4.78, 5) is 0. The van der Waals surface area contributed by atoms with E-state index in [-0.39, 0.29) is 0 Å². The minimum atomic E-state index is 0.424. The number of aromatic nitrogens is 1. The average Bonchev–Trinajstić information content (AvgIpc) is 3.02. The van der Waals surface area contributed by atoms with Gasteiger partial charge in [-0.05, 0) is 32.2 Å². The molecule has 3 heteroatoms. The number of nitrogens with one attached hydrogen (secondary N) is 1. The highest BCUT2D eigenvalue weighted by Crippen LogP contribution is 2.35. The van der Waals surface area contributed by atoms with Gasteiger partial charge >= 0.3 is 0 Å². The molecule has 0 spiro atoms. The molecule has 82 valence electrons. The van der Waals surface area contributed by atoms with E-state index in [9.17, 15) is 0 Å². The van der Waals surface area contributed by atoms with Crippen molar-refractivity contribution in [1.29, 1.82) is 0 Å². The maximum absolute atomic E-state index is 5.45. The van der Waals surface area contributed by atoms with Crippen molar-refractivity contribution in [3.8, 4) is 0 Å². The molecule has 3 nitrogen and oxygen atoms in total. The van der Waals surface area contributed by atoms with Gasteiger partial charge < -0.3 is 9.84 Å². The number of hydrogen-bond donors (Lipinski definition) is 1. The normalized spacial score (nSPS) is 27.6. The van der Waals surface area contributed by atoms with E-state index in [2.05, 4.69) is 16.5 Å². The molecular formula is C12H18N2O. The fourth-order valence-corrected chi connectivity index (χ4v) is 2.81. The standard InChI is InChI=1S/C12H18N2O/c1-2-5-9(4-1)11-8-12(15-14-11)10-6-3-7-13-10/h8-10,13H,1-7H2. The van der Waals surface area contributed by atoms with E-state index < -0.39 is 0 Å². The summed E-state index contributed by atoms with van der Waals surface area (Å²) in [7, 11) is 0. The Morgan fingerprint density at radius 1 is 1.20 bits per heavy atom. The second kappa shape index (κ2) is 3.97. The Morgan fingerprint density at radius 2 is 2.07 bits per heavy atom. The van der Waals surface area contributed by atoms with E-state index in [4.69, 9.17) is 4.52 Å². The van der Waals surface area contributed by atoms with Crippen LogP contribution in [0, 0.1) is 0 Å². The van der Waals surface area contributed by atoms with E-state index in [0.29, 0.717) is 12.0 Å². The number of nitrogens with zero attached hydrogens (tertiary/aromatic N) is 1. The maximum atomic E-state index is 5.45. The first-order valence-electron chi connectivity index (χ1n) is 6.13. The van der Waals surface area contributed by atoms with Crippen molar-refractivity contribution in [2.45, 2.75) is 50.5 Å². The van der Waals surface area contributed by atoms with Crippen molar-refractivity contribution in [3.63, 3.8) is 0 Å². The Balaban J connectivity index is 1.74. The first kappa shape index (κ1) is 9.40. The molecule has 0 aromatic carbocycles. The molecule has 1 saturated carbocycles. The summed E-state index contributed by atoms with van der Waals surface area (Å²) in [6, 6.07) is 2.60. The van der Waals surface area contributed by atoms with Gasteiger partial charge in [-0.3, -0.25) is 0 Å². The maximum Gasteiger partial charge on any atom is 0.153 e. The lowest BCUT2D eigenvalue weighted by molar-refractivity contribution is 0.344. The highest BCUT2D eigenvalue weighted by molar-refractivity contribution is 5.15. The molecule has 1 N–H and O–H groups in total. The molecule has 2 aliphatic rings. The summed E-state index contributed by atoms with van der Waals surface area (Å²) in [6.07, 6.45) is 7.75. The van der Waals surface area contributed by atoms with Gasteiger partial charge in [0, 0.05) is 12.0 Å². The summed E-state index contributed by atoms with van der Waals surface area (Å²) in [5.74, 6) is 1.72. The van der Waals surface area contributed by atoms with E-state index >= 15 is 0 Å². The topological polar surface area (TPSA) is 38.1 Å². The van der Waals surface area contributed by atoms with Crippen molar-refractivity contribution in [2.24, 2.45) is 0 Å². The molecule has 1 aliphatic carbocycles. The third-order valence-electron chi connectivity index (χ3n) is 3.72. The van der Waals surface area contributed by atoms with Crippen molar-refractivity contribution < 1.29 is 4.52 Å². The van der Waals surface area contributed by atoms with Crippen LogP contribution in [0.5, 0.6) is 0 Å². The van der Waals surface area contributed by atoms with Gasteiger partial charge in [-0.1, -0.05) is 18.0 Å². The summed E-state index contributed by atoms with van der Waals surface area (Å²) < 4.78 is 5.45. The zero-order valence-corrected chi connectivity index (χ0v) is 9.04. The van der Waals surface area contributed by atoms with Crippen LogP contribution in [0.25, 0.3) is 0 Å². The molecule has 1 aromatic heterocycles. The largest absolute Gasteiger partial charge is 0.359 e. The van der Waals surface area contributed by atoms with Gasteiger partial charge in [0.15, 0.2) is 5.76 Å². The first-order chi connectivity index (χ1) is 7.43. The summed E-state index contributed by atoms with van der Waals surface area (Å²) in [5.41, 5.74) is 1.19. The van der Waals surface area contributed by atoms with Gasteiger partial charge in [-0.2, -0.15) is 0 Å². The van der Waals surface area contributed by atoms with Crippen molar-refractivity contribution >= 4 is 0 Å². The molecule has 15 heavy (non-hydrogen) atoms. The van der Waals surface area contributed by atoms with Crippen LogP contribution in [-0.2, 0) is 0 Å². The Kier molecular flexibility index (Phi) is 2.49. The predicted molar refractivity (Wildman–Crippen MR) is 57.7 cm³/mol. The van der Waals surface area contributed by atoms with Crippen molar-refractivity contribution in [2.75, 3.05) is 6.54 Å². The molecule has 2 fully saturated rings. The van der Waals surface area contributed by atoms with Crippen molar-refractivity contribution in [3.05, 3.63) is 17.5 Å². The minimum absolute atomic E-state index is 0.424. The van der Waals surface area contributed by atoms with Crippen LogP contribution >= 0.6 is 0 Å². The van der Waals surface area contributed by atoms with Crippen molar-refractivity contribution in [1.82, 2.24) is 10.5 Å². The molecule has 1 aromatic rings. The fourth-order valence-electron chi connectivity index (χ4n) is 2.81. The molecule has 3 rings (SSSR count). The number of hydrogen-bond acceptors (Lipinski definition) is 3. The Bertz CT molecular complexity index is 292. The van der Waals surface area contributed by atoms with Crippen LogP contribution in [0.2, 0.25) is 0 Å². The minimum Gasteiger partial charge on any atom is -0.359 e. The predicted octanol–water partition coefficient (Wildman–Crippen LogP) is 2.76. The Hall–Kier alpha value is -0.830. The van der Waals surface area contributed by atoms with Gasteiger partial charge in [0.2, 0.25) is 0 Å². The van der Waals surface area contributed by atoms with E-state index in [1.807, 2.05) is 0 Å². The molecule has 1 aliphatic heterocycles. The smallest absolute Gasteiger partial charge is 0.153 e. The zero-order chi connectivity index (χ0) is 10.1. The van der Waals surface area contributed by atoms with Gasteiger partial charge in [0.05, 0.1) is 11.7 Å². The van der Waals surface area contributed by atoms with Gasteiger partial charge in [-0.15, -0.1) is 0 Å². The monoisotopic (exact) mass is 206 g/mol. The van der Waals surface area contributed by atoms with Gasteiger partial charge in [0.1, 0.15) is 0 Å². The summed E-state index contributed by atoms with van der Waals surface area (Å²) >= 11 is 0. The second-order valence-electron chi connectivity index (χ2n) is 4.78. The van der Waals surface area contributed by atoms with Crippen LogP contribution in [0.15, 0.2) is 10.6 Å². The molecular weight excluding hydrogens is 188 g/mol. The molecule has 0 radical (unpaired) electrons. The molecule has 0 amide bonds. The first-order valence-corrected chi connectivity index (χ1v) is 6.13. The lowest BCUT2D eigenvalue weighted by Crippen LogP contribution is -2.11. The quantitative estimate of drug-likeness (QED) is 0.808. The molecule has 1 saturated heterocycles. The van der Waals surface area contributed by atoms with Crippen LogP contribution < -0.4 is 5.32 Å². The molecule has 1 unspecified atom stereocenters. The van der Waals surface area contributed by atoms with Crippen LogP contribution in [0.3, 0.4) is 0 Å². The highest BCUT2D eigenvalue weighted by Gasteiger charge is 2.24. The van der Waals surface area contributed by atoms with Gasteiger partial charge in [0.25, 0.3) is 0 Å². The van der Waals surface area contributed by atoms with Crippen LogP contribution in [0.1, 0.15) is 61.9 Å². The lowest BCUT2D eigenvalue weighted by atomic mass is 10.0. The van der Waals surface area contributed by atoms with E-state index in [1.54, 1.807) is 0 Å². The second-order valence-corrected chi connectivity index (χ2v) is 4.78. The van der Waals surface area contributed by atoms with E-state index in [1.165, 1.54) is 44.2 Å². The van der Waals surface area contributed by atoms with Crippen LogP contribution in [0.4, 0.5) is 0 Å². The summed E-state index contributed by atoms with van der Waals surface area (Å²) in [6.45, 7) is 1.12. The average molecular weight is 206 g/mol. The third kappa shape index (κ3) is 1.81. The third-order valence-corrected chi connectivity index (χ3v) is 3.72. The Morgan fingerprint density at radius 3 is 2.80 bits per heavy atom. The number of rotatable bonds is 2. The fraction of sp³-hybridized carbons (Fsp3) is 0.750.